The van der Waals surface area contributed by atoms with Crippen LogP contribution < -0.4 is 10.1 Å². The van der Waals surface area contributed by atoms with Crippen molar-refractivity contribution in [1.82, 2.24) is 5.32 Å². The molecule has 1 aromatic rings. The molecule has 0 aliphatic rings. The lowest BCUT2D eigenvalue weighted by Gasteiger charge is -2.12. The number of aliphatic hydroxyl groups excluding tert-OH is 1. The van der Waals surface area contributed by atoms with Crippen molar-refractivity contribution in [2.75, 3.05) is 20.3 Å². The number of benzene rings is 1. The molecule has 0 heterocycles. The van der Waals surface area contributed by atoms with E-state index in [1.54, 1.807) is 19.2 Å². The summed E-state index contributed by atoms with van der Waals surface area (Å²) in [5, 5.41) is 21.0. The first-order chi connectivity index (χ1) is 8.21. The molecule has 92 valence electrons. The molecule has 1 aromatic carbocycles. The van der Waals surface area contributed by atoms with Gasteiger partial charge in [-0.2, -0.15) is 5.26 Å². The Kier molecular flexibility index (Phi) is 5.47. The molecule has 17 heavy (non-hydrogen) atoms. The Morgan fingerprint density at radius 2 is 2.29 bits per heavy atom. The Bertz CT molecular complexity index is 399. The zero-order valence-corrected chi connectivity index (χ0v) is 10.2. The van der Waals surface area contributed by atoms with Crippen molar-refractivity contribution in [2.45, 2.75) is 13.5 Å². The first-order valence-electron chi connectivity index (χ1n) is 5.59. The van der Waals surface area contributed by atoms with Crippen LogP contribution in [0.4, 0.5) is 0 Å². The van der Waals surface area contributed by atoms with Gasteiger partial charge < -0.3 is 15.2 Å². The topological polar surface area (TPSA) is 65.3 Å². The molecule has 0 fully saturated rings. The summed E-state index contributed by atoms with van der Waals surface area (Å²) >= 11 is 0. The van der Waals surface area contributed by atoms with Gasteiger partial charge in [-0.1, -0.05) is 6.92 Å². The predicted octanol–water partition coefficient (Wildman–Crippen LogP) is 1.28. The van der Waals surface area contributed by atoms with E-state index in [1.165, 1.54) is 0 Å². The maximum Gasteiger partial charge on any atom is 0.123 e. The number of hydrogen-bond donors (Lipinski definition) is 2. The minimum atomic E-state index is 0.169. The lowest BCUT2D eigenvalue weighted by atomic mass is 10.1. The molecule has 0 amide bonds. The van der Waals surface area contributed by atoms with E-state index in [0.29, 0.717) is 12.1 Å². The maximum atomic E-state index is 8.91. The van der Waals surface area contributed by atoms with Gasteiger partial charge in [0.15, 0.2) is 0 Å². The molecule has 0 aliphatic heterocycles. The monoisotopic (exact) mass is 234 g/mol. The summed E-state index contributed by atoms with van der Waals surface area (Å²) in [6.07, 6.45) is 0. The number of rotatable bonds is 6. The number of aliphatic hydroxyl groups is 1. The third-order valence-electron chi connectivity index (χ3n) is 2.53. The molecular formula is C13H18N2O2. The second kappa shape index (κ2) is 6.89. The second-order valence-electron chi connectivity index (χ2n) is 4.06. The van der Waals surface area contributed by atoms with Gasteiger partial charge in [0, 0.05) is 25.3 Å². The molecule has 0 radical (unpaired) electrons. The molecule has 4 nitrogen and oxygen atoms in total. The van der Waals surface area contributed by atoms with Gasteiger partial charge in [-0.05, 0) is 24.1 Å². The summed E-state index contributed by atoms with van der Waals surface area (Å²) in [6, 6.07) is 7.45. The van der Waals surface area contributed by atoms with E-state index in [2.05, 4.69) is 11.4 Å². The maximum absolute atomic E-state index is 8.91. The van der Waals surface area contributed by atoms with Gasteiger partial charge in [-0.15, -0.1) is 0 Å². The summed E-state index contributed by atoms with van der Waals surface area (Å²) in [5.74, 6) is 0.994. The van der Waals surface area contributed by atoms with Crippen molar-refractivity contribution in [1.29, 1.82) is 5.26 Å². The molecule has 0 saturated heterocycles. The van der Waals surface area contributed by atoms with Crippen LogP contribution in [0.2, 0.25) is 0 Å². The molecule has 0 saturated carbocycles. The van der Waals surface area contributed by atoms with Crippen LogP contribution in [0, 0.1) is 17.2 Å². The Morgan fingerprint density at radius 1 is 1.53 bits per heavy atom. The number of ether oxygens (including phenoxy) is 1. The fraction of sp³-hybridized carbons (Fsp3) is 0.462. The Balaban J connectivity index is 2.65. The Labute approximate surface area is 102 Å². The molecule has 1 unspecified atom stereocenters. The lowest BCUT2D eigenvalue weighted by Crippen LogP contribution is -2.23. The average molecular weight is 234 g/mol. The summed E-state index contributed by atoms with van der Waals surface area (Å²) in [5.41, 5.74) is 1.58. The largest absolute Gasteiger partial charge is 0.496 e. The van der Waals surface area contributed by atoms with Gasteiger partial charge >= 0.3 is 0 Å². The van der Waals surface area contributed by atoms with E-state index in [4.69, 9.17) is 15.1 Å². The van der Waals surface area contributed by atoms with Crippen LogP contribution in [-0.2, 0) is 6.54 Å². The van der Waals surface area contributed by atoms with E-state index >= 15 is 0 Å². The van der Waals surface area contributed by atoms with Crippen molar-refractivity contribution in [2.24, 2.45) is 5.92 Å². The first kappa shape index (κ1) is 13.5. The molecule has 4 heteroatoms. The normalized spacial score (nSPS) is 11.9. The van der Waals surface area contributed by atoms with Gasteiger partial charge in [0.25, 0.3) is 0 Å². The van der Waals surface area contributed by atoms with Gasteiger partial charge in [0.05, 0.1) is 18.7 Å². The minimum absolute atomic E-state index is 0.169. The average Bonchev–Trinajstić information content (AvgIpc) is 2.38. The van der Waals surface area contributed by atoms with Gasteiger partial charge in [0.2, 0.25) is 0 Å². The number of methoxy groups -OCH3 is 1. The molecule has 1 rings (SSSR count). The molecule has 1 atom stereocenters. The minimum Gasteiger partial charge on any atom is -0.496 e. The highest BCUT2D eigenvalue weighted by Gasteiger charge is 2.05. The van der Waals surface area contributed by atoms with Gasteiger partial charge in [-0.3, -0.25) is 0 Å². The summed E-state index contributed by atoms with van der Waals surface area (Å²) in [7, 11) is 1.61. The SMILES string of the molecule is COc1ccc(C#N)cc1CNCC(C)CO. The lowest BCUT2D eigenvalue weighted by molar-refractivity contribution is 0.233. The van der Waals surface area contributed by atoms with Crippen molar-refractivity contribution >= 4 is 0 Å². The number of hydrogen-bond acceptors (Lipinski definition) is 4. The van der Waals surface area contributed by atoms with Crippen molar-refractivity contribution in [3.05, 3.63) is 29.3 Å². The van der Waals surface area contributed by atoms with E-state index in [-0.39, 0.29) is 12.5 Å². The van der Waals surface area contributed by atoms with Crippen molar-refractivity contribution in [3.63, 3.8) is 0 Å². The quantitative estimate of drug-likeness (QED) is 0.778. The second-order valence-corrected chi connectivity index (χ2v) is 4.06. The smallest absolute Gasteiger partial charge is 0.123 e. The standard InChI is InChI=1S/C13H18N2O2/c1-10(9-16)7-15-8-12-5-11(6-14)3-4-13(12)17-2/h3-5,10,15-16H,7-9H2,1-2H3. The number of nitrogens with one attached hydrogen (secondary N) is 1. The van der Waals surface area contributed by atoms with Crippen LogP contribution in [0.15, 0.2) is 18.2 Å². The highest BCUT2D eigenvalue weighted by molar-refractivity contribution is 5.41. The fourth-order valence-electron chi connectivity index (χ4n) is 1.50. The molecule has 0 spiro atoms. The zero-order chi connectivity index (χ0) is 12.7. The summed E-state index contributed by atoms with van der Waals surface area (Å²) < 4.78 is 5.23. The summed E-state index contributed by atoms with van der Waals surface area (Å²) in [4.78, 5) is 0. The van der Waals surface area contributed by atoms with Crippen LogP contribution in [-0.4, -0.2) is 25.4 Å². The highest BCUT2D eigenvalue weighted by atomic mass is 16.5. The highest BCUT2D eigenvalue weighted by Crippen LogP contribution is 2.19. The Morgan fingerprint density at radius 3 is 2.88 bits per heavy atom. The Hall–Kier alpha value is -1.57. The number of nitrogens with zero attached hydrogens (tertiary/aromatic N) is 1. The predicted molar refractivity (Wildman–Crippen MR) is 65.7 cm³/mol. The van der Waals surface area contributed by atoms with E-state index in [1.807, 2.05) is 13.0 Å². The van der Waals surface area contributed by atoms with Gasteiger partial charge in [-0.25, -0.2) is 0 Å². The molecule has 0 aromatic heterocycles. The van der Waals surface area contributed by atoms with Crippen LogP contribution in [0.3, 0.4) is 0 Å². The van der Waals surface area contributed by atoms with E-state index in [0.717, 1.165) is 17.9 Å². The molecular weight excluding hydrogens is 216 g/mol. The first-order valence-corrected chi connectivity index (χ1v) is 5.59. The zero-order valence-electron chi connectivity index (χ0n) is 10.2. The molecule has 0 bridgehead atoms. The third-order valence-corrected chi connectivity index (χ3v) is 2.53. The molecule has 0 aliphatic carbocycles. The third kappa shape index (κ3) is 4.06. The fourth-order valence-corrected chi connectivity index (χ4v) is 1.50. The van der Waals surface area contributed by atoms with E-state index < -0.39 is 0 Å². The van der Waals surface area contributed by atoms with Crippen molar-refractivity contribution in [3.8, 4) is 11.8 Å². The van der Waals surface area contributed by atoms with Crippen LogP contribution in [0.1, 0.15) is 18.1 Å². The molecule has 2 N–H and O–H groups in total. The van der Waals surface area contributed by atoms with Crippen molar-refractivity contribution < 1.29 is 9.84 Å². The van der Waals surface area contributed by atoms with E-state index in [9.17, 15) is 0 Å². The van der Waals surface area contributed by atoms with Crippen LogP contribution in [0.5, 0.6) is 5.75 Å². The summed E-state index contributed by atoms with van der Waals surface area (Å²) in [6.45, 7) is 3.50. The number of nitriles is 1. The van der Waals surface area contributed by atoms with Gasteiger partial charge in [0.1, 0.15) is 5.75 Å². The van der Waals surface area contributed by atoms with Crippen LogP contribution >= 0.6 is 0 Å². The van der Waals surface area contributed by atoms with Crippen LogP contribution in [0.25, 0.3) is 0 Å².